The van der Waals surface area contributed by atoms with Crippen LogP contribution >= 0.6 is 0 Å². The number of carbonyl (C=O) groups excluding carboxylic acids is 2. The summed E-state index contributed by atoms with van der Waals surface area (Å²) < 4.78 is 13.4. The van der Waals surface area contributed by atoms with Gasteiger partial charge in [0.1, 0.15) is 5.82 Å². The number of amides is 2. The molecular weight excluding hydrogens is 331 g/mol. The molecule has 0 spiro atoms. The van der Waals surface area contributed by atoms with Gasteiger partial charge in [0.2, 0.25) is 5.91 Å². The Labute approximate surface area is 153 Å². The lowest BCUT2D eigenvalue weighted by molar-refractivity contribution is -0.117. The molecule has 1 aliphatic rings. The lowest BCUT2D eigenvalue weighted by Crippen LogP contribution is -2.37. The van der Waals surface area contributed by atoms with Crippen molar-refractivity contribution in [2.45, 2.75) is 38.6 Å². The smallest absolute Gasteiger partial charge is 0.251 e. The molecule has 0 radical (unpaired) electrons. The maximum Gasteiger partial charge on any atom is 0.251 e. The van der Waals surface area contributed by atoms with Crippen molar-refractivity contribution < 1.29 is 14.0 Å². The number of hydrogen-bond acceptors (Lipinski definition) is 2. The minimum Gasteiger partial charge on any atom is -0.347 e. The van der Waals surface area contributed by atoms with E-state index in [4.69, 9.17) is 0 Å². The molecule has 2 aromatic carbocycles. The van der Waals surface area contributed by atoms with Gasteiger partial charge in [-0.15, -0.1) is 0 Å². The highest BCUT2D eigenvalue weighted by molar-refractivity contribution is 5.99. The third kappa shape index (κ3) is 3.93. The molecule has 2 aromatic rings. The van der Waals surface area contributed by atoms with Crippen molar-refractivity contribution in [1.29, 1.82) is 0 Å². The molecule has 1 heterocycles. The van der Waals surface area contributed by atoms with Crippen LogP contribution in [-0.2, 0) is 10.2 Å². The highest BCUT2D eigenvalue weighted by Crippen LogP contribution is 2.24. The van der Waals surface area contributed by atoms with Crippen LogP contribution in [0, 0.1) is 5.82 Å². The second-order valence-electron chi connectivity index (χ2n) is 7.69. The monoisotopic (exact) mass is 354 g/mol. The van der Waals surface area contributed by atoms with Crippen molar-refractivity contribution >= 4 is 17.5 Å². The molecule has 3 rings (SSSR count). The predicted octanol–water partition coefficient (Wildman–Crippen LogP) is 3.66. The van der Waals surface area contributed by atoms with E-state index in [2.05, 4.69) is 26.1 Å². The summed E-state index contributed by atoms with van der Waals surface area (Å²) >= 11 is 0. The summed E-state index contributed by atoms with van der Waals surface area (Å²) in [5, 5.41) is 2.90. The van der Waals surface area contributed by atoms with E-state index in [0.29, 0.717) is 17.8 Å². The molecule has 1 atom stereocenters. The number of hydrogen-bond donors (Lipinski definition) is 1. The van der Waals surface area contributed by atoms with Crippen LogP contribution < -0.4 is 10.2 Å². The maximum absolute atomic E-state index is 13.4. The van der Waals surface area contributed by atoms with Crippen LogP contribution in [0.3, 0.4) is 0 Å². The summed E-state index contributed by atoms with van der Waals surface area (Å²) in [5.41, 5.74) is 2.26. The van der Waals surface area contributed by atoms with E-state index >= 15 is 0 Å². The first kappa shape index (κ1) is 18.1. The summed E-state index contributed by atoms with van der Waals surface area (Å²) in [5.74, 6) is -0.713. The van der Waals surface area contributed by atoms with Crippen LogP contribution in [0.2, 0.25) is 0 Å². The van der Waals surface area contributed by atoms with Gasteiger partial charge >= 0.3 is 0 Å². The Hall–Kier alpha value is -2.69. The number of rotatable bonds is 3. The Morgan fingerprint density at radius 2 is 1.85 bits per heavy atom. The molecule has 1 unspecified atom stereocenters. The fourth-order valence-electron chi connectivity index (χ4n) is 3.09. The largest absolute Gasteiger partial charge is 0.347 e. The van der Waals surface area contributed by atoms with E-state index in [0.717, 1.165) is 5.56 Å². The number of nitrogens with one attached hydrogen (secondary N) is 1. The molecule has 0 saturated carbocycles. The van der Waals surface area contributed by atoms with Crippen molar-refractivity contribution in [3.8, 4) is 0 Å². The highest BCUT2D eigenvalue weighted by atomic mass is 19.1. The van der Waals surface area contributed by atoms with Crippen molar-refractivity contribution in [2.24, 2.45) is 0 Å². The Bertz CT molecular complexity index is 825. The SMILES string of the molecule is CC(C)(C)c1ccc(C(=O)NC2CC(=O)N(c3cccc(F)c3)C2)cc1. The molecule has 136 valence electrons. The van der Waals surface area contributed by atoms with Crippen LogP contribution in [0.15, 0.2) is 48.5 Å². The van der Waals surface area contributed by atoms with Gasteiger partial charge in [-0.1, -0.05) is 39.0 Å². The average molecular weight is 354 g/mol. The Morgan fingerprint density at radius 1 is 1.15 bits per heavy atom. The first-order chi connectivity index (χ1) is 12.2. The number of nitrogens with zero attached hydrogens (tertiary/aromatic N) is 1. The van der Waals surface area contributed by atoms with Gasteiger partial charge in [0.05, 0.1) is 6.04 Å². The highest BCUT2D eigenvalue weighted by Gasteiger charge is 2.32. The van der Waals surface area contributed by atoms with E-state index in [1.54, 1.807) is 24.3 Å². The average Bonchev–Trinajstić information content (AvgIpc) is 2.94. The van der Waals surface area contributed by atoms with Crippen LogP contribution in [0.5, 0.6) is 0 Å². The predicted molar refractivity (Wildman–Crippen MR) is 99.8 cm³/mol. The van der Waals surface area contributed by atoms with Crippen molar-refractivity contribution in [2.75, 3.05) is 11.4 Å². The second kappa shape index (κ2) is 6.90. The van der Waals surface area contributed by atoms with E-state index in [1.165, 1.54) is 17.0 Å². The molecule has 0 aromatic heterocycles. The van der Waals surface area contributed by atoms with Crippen LogP contribution in [0.25, 0.3) is 0 Å². The molecule has 26 heavy (non-hydrogen) atoms. The van der Waals surface area contributed by atoms with E-state index in [-0.39, 0.29) is 35.5 Å². The van der Waals surface area contributed by atoms with E-state index in [1.807, 2.05) is 12.1 Å². The summed E-state index contributed by atoms with van der Waals surface area (Å²) in [6, 6.07) is 13.1. The molecule has 1 aliphatic heterocycles. The number of anilines is 1. The Balaban J connectivity index is 1.66. The standard InChI is InChI=1S/C21H23FN2O2/c1-21(2,3)15-9-7-14(8-10-15)20(26)23-17-12-19(25)24(13-17)18-6-4-5-16(22)11-18/h4-11,17H,12-13H2,1-3H3,(H,23,26). The third-order valence-corrected chi connectivity index (χ3v) is 4.59. The Kier molecular flexibility index (Phi) is 4.81. The molecule has 0 aliphatic carbocycles. The van der Waals surface area contributed by atoms with Gasteiger partial charge in [-0.3, -0.25) is 9.59 Å². The first-order valence-electron chi connectivity index (χ1n) is 8.71. The molecule has 1 N–H and O–H groups in total. The molecule has 1 saturated heterocycles. The normalized spacial score (nSPS) is 17.5. The minimum absolute atomic E-state index is 0.0261. The minimum atomic E-state index is -0.387. The van der Waals surface area contributed by atoms with Gasteiger partial charge in [-0.05, 0) is 41.3 Å². The molecule has 4 nitrogen and oxygen atoms in total. The van der Waals surface area contributed by atoms with Crippen LogP contribution in [-0.4, -0.2) is 24.4 Å². The maximum atomic E-state index is 13.4. The quantitative estimate of drug-likeness (QED) is 0.914. The fraction of sp³-hybridized carbons (Fsp3) is 0.333. The number of benzene rings is 2. The third-order valence-electron chi connectivity index (χ3n) is 4.59. The molecule has 2 amide bonds. The number of carbonyl (C=O) groups is 2. The van der Waals surface area contributed by atoms with Crippen LogP contribution in [0.1, 0.15) is 43.1 Å². The zero-order valence-corrected chi connectivity index (χ0v) is 15.3. The van der Waals surface area contributed by atoms with Gasteiger partial charge in [0, 0.05) is 24.2 Å². The van der Waals surface area contributed by atoms with Gasteiger partial charge < -0.3 is 10.2 Å². The van der Waals surface area contributed by atoms with Gasteiger partial charge in [0.25, 0.3) is 5.91 Å². The summed E-state index contributed by atoms with van der Waals surface area (Å²) in [6.45, 7) is 6.70. The summed E-state index contributed by atoms with van der Waals surface area (Å²) in [4.78, 5) is 26.2. The van der Waals surface area contributed by atoms with Gasteiger partial charge in [0.15, 0.2) is 0 Å². The zero-order chi connectivity index (χ0) is 18.9. The zero-order valence-electron chi connectivity index (χ0n) is 15.3. The van der Waals surface area contributed by atoms with Crippen molar-refractivity contribution in [3.05, 3.63) is 65.5 Å². The van der Waals surface area contributed by atoms with Gasteiger partial charge in [-0.25, -0.2) is 4.39 Å². The van der Waals surface area contributed by atoms with Crippen molar-refractivity contribution in [3.63, 3.8) is 0 Å². The molecule has 1 fully saturated rings. The number of halogens is 1. The lowest BCUT2D eigenvalue weighted by atomic mass is 9.86. The molecule has 5 heteroatoms. The topological polar surface area (TPSA) is 49.4 Å². The Morgan fingerprint density at radius 3 is 2.46 bits per heavy atom. The first-order valence-corrected chi connectivity index (χ1v) is 8.71. The van der Waals surface area contributed by atoms with E-state index < -0.39 is 0 Å². The van der Waals surface area contributed by atoms with Gasteiger partial charge in [-0.2, -0.15) is 0 Å². The summed E-state index contributed by atoms with van der Waals surface area (Å²) in [7, 11) is 0. The van der Waals surface area contributed by atoms with Crippen LogP contribution in [0.4, 0.5) is 10.1 Å². The lowest BCUT2D eigenvalue weighted by Gasteiger charge is -2.19. The fourth-order valence-corrected chi connectivity index (χ4v) is 3.09. The van der Waals surface area contributed by atoms with Crippen molar-refractivity contribution in [1.82, 2.24) is 5.32 Å². The summed E-state index contributed by atoms with van der Waals surface area (Å²) in [6.07, 6.45) is 0.211. The van der Waals surface area contributed by atoms with E-state index in [9.17, 15) is 14.0 Å². The molecular formula is C21H23FN2O2. The molecule has 0 bridgehead atoms. The second-order valence-corrected chi connectivity index (χ2v) is 7.69.